The largest absolute Gasteiger partial charge is 0.299 e. The summed E-state index contributed by atoms with van der Waals surface area (Å²) in [6.07, 6.45) is 2.21. The van der Waals surface area contributed by atoms with Gasteiger partial charge < -0.3 is 0 Å². The molecule has 0 unspecified atom stereocenters. The molecular weight excluding hydrogens is 410 g/mol. The number of anilines is 1. The predicted molar refractivity (Wildman–Crippen MR) is 107 cm³/mol. The van der Waals surface area contributed by atoms with E-state index in [-0.39, 0.29) is 20.6 Å². The van der Waals surface area contributed by atoms with Crippen molar-refractivity contribution in [2.24, 2.45) is 5.92 Å². The Balaban J connectivity index is 1.85. The topological polar surface area (TPSA) is 49.4 Å². The molecule has 0 bridgehead atoms. The Labute approximate surface area is 169 Å². The van der Waals surface area contributed by atoms with Gasteiger partial charge in [0.2, 0.25) is 0 Å². The first-order valence-corrected chi connectivity index (χ1v) is 11.0. The van der Waals surface area contributed by atoms with E-state index >= 15 is 0 Å². The van der Waals surface area contributed by atoms with Crippen molar-refractivity contribution in [2.75, 3.05) is 17.8 Å². The van der Waals surface area contributed by atoms with E-state index in [0.29, 0.717) is 12.5 Å². The Morgan fingerprint density at radius 3 is 2.48 bits per heavy atom. The van der Waals surface area contributed by atoms with Crippen LogP contribution in [0.5, 0.6) is 0 Å². The molecule has 0 saturated carbocycles. The molecule has 0 aromatic heterocycles. The van der Waals surface area contributed by atoms with Gasteiger partial charge in [0.1, 0.15) is 5.82 Å². The number of hydrogen-bond acceptors (Lipinski definition) is 3. The molecule has 1 N–H and O–H groups in total. The third-order valence-electron chi connectivity index (χ3n) is 4.79. The summed E-state index contributed by atoms with van der Waals surface area (Å²) in [5.74, 6) is 0.194. The molecule has 1 heterocycles. The maximum absolute atomic E-state index is 13.8. The van der Waals surface area contributed by atoms with Gasteiger partial charge in [-0.15, -0.1) is 0 Å². The molecule has 1 aliphatic heterocycles. The second-order valence-corrected chi connectivity index (χ2v) is 9.44. The molecule has 0 atom stereocenters. The molecule has 3 rings (SSSR count). The Morgan fingerprint density at radius 2 is 1.81 bits per heavy atom. The quantitative estimate of drug-likeness (QED) is 0.711. The highest BCUT2D eigenvalue weighted by Gasteiger charge is 2.20. The summed E-state index contributed by atoms with van der Waals surface area (Å²) in [6, 6.07) is 8.23. The van der Waals surface area contributed by atoms with Crippen LogP contribution in [0, 0.1) is 11.7 Å². The van der Waals surface area contributed by atoms with E-state index in [1.807, 2.05) is 0 Å². The molecular formula is C19H21Cl2FN2O2S. The summed E-state index contributed by atoms with van der Waals surface area (Å²) in [7, 11) is -3.92. The Kier molecular flexibility index (Phi) is 6.31. The average Bonchev–Trinajstić information content (AvgIpc) is 2.61. The van der Waals surface area contributed by atoms with E-state index in [9.17, 15) is 12.8 Å². The van der Waals surface area contributed by atoms with Gasteiger partial charge in [-0.05, 0) is 67.7 Å². The molecule has 4 nitrogen and oxygen atoms in total. The van der Waals surface area contributed by atoms with E-state index in [0.717, 1.165) is 31.5 Å². The second-order valence-electron chi connectivity index (χ2n) is 6.94. The summed E-state index contributed by atoms with van der Waals surface area (Å²) in [5, 5.41) is 0.405. The normalized spacial score (nSPS) is 16.4. The number of nitrogens with zero attached hydrogens (tertiary/aromatic N) is 1. The van der Waals surface area contributed by atoms with Gasteiger partial charge in [-0.2, -0.15) is 0 Å². The van der Waals surface area contributed by atoms with Crippen LogP contribution < -0.4 is 4.72 Å². The number of benzene rings is 2. The van der Waals surface area contributed by atoms with Gasteiger partial charge in [-0.3, -0.25) is 9.62 Å². The molecule has 1 fully saturated rings. The number of likely N-dealkylation sites (tertiary alicyclic amines) is 1. The van der Waals surface area contributed by atoms with Gasteiger partial charge in [0.25, 0.3) is 10.0 Å². The van der Waals surface area contributed by atoms with Crippen molar-refractivity contribution in [3.8, 4) is 0 Å². The fourth-order valence-electron chi connectivity index (χ4n) is 3.09. The summed E-state index contributed by atoms with van der Waals surface area (Å²) in [4.78, 5) is 2.23. The molecule has 1 aliphatic rings. The molecule has 1 saturated heterocycles. The zero-order valence-electron chi connectivity index (χ0n) is 14.9. The fourth-order valence-corrected chi connectivity index (χ4v) is 4.57. The molecule has 2 aromatic carbocycles. The van der Waals surface area contributed by atoms with Gasteiger partial charge in [-0.25, -0.2) is 12.8 Å². The Bertz CT molecular complexity index is 929. The lowest BCUT2D eigenvalue weighted by molar-refractivity contribution is 0.185. The summed E-state index contributed by atoms with van der Waals surface area (Å²) in [5.41, 5.74) is 0.967. The van der Waals surface area contributed by atoms with E-state index < -0.39 is 15.8 Å². The minimum absolute atomic E-state index is 0.0288. The standard InChI is InChI=1S/C19H21Cl2FN2O2S/c1-13-6-8-24(9-7-13)12-14-2-3-15(22)10-19(14)23-27(25,26)16-4-5-17(20)18(21)11-16/h2-5,10-11,13,23H,6-9,12H2,1H3. The number of hydrogen-bond donors (Lipinski definition) is 1. The number of halogens is 3. The molecule has 0 radical (unpaired) electrons. The van der Waals surface area contributed by atoms with Crippen LogP contribution in [0.15, 0.2) is 41.3 Å². The highest BCUT2D eigenvalue weighted by molar-refractivity contribution is 7.92. The molecule has 27 heavy (non-hydrogen) atoms. The number of nitrogens with one attached hydrogen (secondary N) is 1. The highest BCUT2D eigenvalue weighted by atomic mass is 35.5. The zero-order valence-corrected chi connectivity index (χ0v) is 17.2. The first kappa shape index (κ1) is 20.4. The lowest BCUT2D eigenvalue weighted by atomic mass is 9.99. The van der Waals surface area contributed by atoms with Crippen LogP contribution in [0.4, 0.5) is 10.1 Å². The average molecular weight is 431 g/mol. The SMILES string of the molecule is CC1CCN(Cc2ccc(F)cc2NS(=O)(=O)c2ccc(Cl)c(Cl)c2)CC1. The lowest BCUT2D eigenvalue weighted by Crippen LogP contribution is -2.32. The third-order valence-corrected chi connectivity index (χ3v) is 6.89. The smallest absolute Gasteiger partial charge is 0.261 e. The van der Waals surface area contributed by atoms with Crippen molar-refractivity contribution < 1.29 is 12.8 Å². The van der Waals surface area contributed by atoms with Crippen LogP contribution in [-0.2, 0) is 16.6 Å². The van der Waals surface area contributed by atoms with Crippen molar-refractivity contribution in [3.63, 3.8) is 0 Å². The van der Waals surface area contributed by atoms with Gasteiger partial charge >= 0.3 is 0 Å². The summed E-state index contributed by atoms with van der Waals surface area (Å²) >= 11 is 11.8. The lowest BCUT2D eigenvalue weighted by Gasteiger charge is -2.30. The first-order valence-electron chi connectivity index (χ1n) is 8.73. The molecule has 8 heteroatoms. The zero-order chi connectivity index (χ0) is 19.6. The van der Waals surface area contributed by atoms with Crippen LogP contribution in [-0.4, -0.2) is 26.4 Å². The molecule has 0 amide bonds. The van der Waals surface area contributed by atoms with Crippen molar-refractivity contribution in [1.82, 2.24) is 4.90 Å². The van der Waals surface area contributed by atoms with E-state index in [1.165, 1.54) is 30.3 Å². The van der Waals surface area contributed by atoms with Gasteiger partial charge in [0.15, 0.2) is 0 Å². The van der Waals surface area contributed by atoms with Gasteiger partial charge in [-0.1, -0.05) is 36.2 Å². The minimum atomic E-state index is -3.92. The van der Waals surface area contributed by atoms with Crippen LogP contribution in [0.2, 0.25) is 10.0 Å². The van der Waals surface area contributed by atoms with Crippen molar-refractivity contribution >= 4 is 38.9 Å². The molecule has 0 spiro atoms. The second kappa shape index (κ2) is 8.35. The summed E-state index contributed by atoms with van der Waals surface area (Å²) < 4.78 is 41.7. The first-order chi connectivity index (χ1) is 12.7. The number of piperidine rings is 1. The van der Waals surface area contributed by atoms with Crippen LogP contribution >= 0.6 is 23.2 Å². The van der Waals surface area contributed by atoms with Crippen LogP contribution in [0.3, 0.4) is 0 Å². The molecule has 2 aromatic rings. The minimum Gasteiger partial charge on any atom is -0.299 e. The third kappa shape index (κ3) is 5.13. The summed E-state index contributed by atoms with van der Waals surface area (Å²) in [6.45, 7) is 4.67. The number of rotatable bonds is 5. The van der Waals surface area contributed by atoms with E-state index in [4.69, 9.17) is 23.2 Å². The monoisotopic (exact) mass is 430 g/mol. The molecule has 0 aliphatic carbocycles. The Hall–Kier alpha value is -1.34. The molecule has 146 valence electrons. The van der Waals surface area contributed by atoms with Crippen LogP contribution in [0.1, 0.15) is 25.3 Å². The maximum Gasteiger partial charge on any atom is 0.261 e. The number of sulfonamides is 1. The fraction of sp³-hybridized carbons (Fsp3) is 0.368. The maximum atomic E-state index is 13.8. The Morgan fingerprint density at radius 1 is 1.11 bits per heavy atom. The van der Waals surface area contributed by atoms with Gasteiger partial charge in [0.05, 0.1) is 20.6 Å². The van der Waals surface area contributed by atoms with Crippen molar-refractivity contribution in [2.45, 2.75) is 31.2 Å². The predicted octanol–water partition coefficient (Wildman–Crippen LogP) is 5.17. The van der Waals surface area contributed by atoms with E-state index in [1.54, 1.807) is 6.07 Å². The van der Waals surface area contributed by atoms with Crippen LogP contribution in [0.25, 0.3) is 0 Å². The van der Waals surface area contributed by atoms with Crippen molar-refractivity contribution in [1.29, 1.82) is 0 Å². The van der Waals surface area contributed by atoms with Gasteiger partial charge in [0, 0.05) is 6.54 Å². The van der Waals surface area contributed by atoms with E-state index in [2.05, 4.69) is 16.5 Å². The highest BCUT2D eigenvalue weighted by Crippen LogP contribution is 2.28. The van der Waals surface area contributed by atoms with Crippen molar-refractivity contribution in [3.05, 3.63) is 57.8 Å².